The van der Waals surface area contributed by atoms with Gasteiger partial charge in [0.25, 0.3) is 6.71 Å². The van der Waals surface area contributed by atoms with Gasteiger partial charge in [0.15, 0.2) is 0 Å². The number of pyridine rings is 1. The molecule has 0 radical (unpaired) electrons. The molecule has 0 amide bonds. The predicted octanol–water partition coefficient (Wildman–Crippen LogP) is 27.5. The highest BCUT2D eigenvalue weighted by atomic mass is 15.2. The second-order valence-electron chi connectivity index (χ2n) is 37.0. The predicted molar refractivity (Wildman–Crippen MR) is 486 cm³/mol. The van der Waals surface area contributed by atoms with E-state index in [2.05, 4.69) is 292 Å². The van der Waals surface area contributed by atoms with Gasteiger partial charge in [-0.1, -0.05) is 318 Å². The van der Waals surface area contributed by atoms with E-state index in [1.807, 2.05) is 36.4 Å². The monoisotopic (exact) mass is 1480 g/mol. The van der Waals surface area contributed by atoms with Crippen LogP contribution in [0.4, 0.5) is 34.1 Å². The van der Waals surface area contributed by atoms with Crippen LogP contribution in [-0.4, -0.2) is 20.8 Å². The maximum atomic E-state index is 10.1. The molecular formula is C107H102BN5. The Kier molecular flexibility index (Phi) is 13.4. The third-order valence-corrected chi connectivity index (χ3v) is 23.0. The van der Waals surface area contributed by atoms with E-state index in [1.165, 1.54) is 6.07 Å². The van der Waals surface area contributed by atoms with Crippen molar-refractivity contribution in [1.82, 2.24) is 14.1 Å². The molecule has 0 spiro atoms. The molecule has 558 valence electrons. The zero-order valence-electron chi connectivity index (χ0n) is 82.9. The number of fused-ring (bicyclic) bond motifs is 10. The summed E-state index contributed by atoms with van der Waals surface area (Å²) in [4.78, 5) is 10.4. The Hall–Kier alpha value is -11.7. The highest BCUT2D eigenvalue weighted by Crippen LogP contribution is 2.57. The smallest absolute Gasteiger partial charge is 0.252 e. The number of rotatable bonds is 9. The van der Waals surface area contributed by atoms with Crippen LogP contribution in [0, 0.1) is 0 Å². The van der Waals surface area contributed by atoms with Gasteiger partial charge in [-0.3, -0.25) is 4.98 Å². The molecule has 113 heavy (non-hydrogen) atoms. The molecule has 6 heteroatoms. The van der Waals surface area contributed by atoms with Crippen molar-refractivity contribution < 1.29 is 20.6 Å². The number of anilines is 6. The van der Waals surface area contributed by atoms with E-state index in [-0.39, 0.29) is 72.6 Å². The minimum atomic E-state index is -0.790. The fourth-order valence-corrected chi connectivity index (χ4v) is 16.8. The third-order valence-electron chi connectivity index (χ3n) is 23.0. The minimum Gasteiger partial charge on any atom is -0.310 e. The Morgan fingerprint density at radius 1 is 0.274 bits per heavy atom. The highest BCUT2D eigenvalue weighted by Gasteiger charge is 2.47. The van der Waals surface area contributed by atoms with Crippen molar-refractivity contribution in [3.8, 4) is 67.0 Å². The summed E-state index contributed by atoms with van der Waals surface area (Å²) in [5.41, 5.74) is 19.9. The first-order chi connectivity index (χ1) is 60.1. The average molecular weight is 1480 g/mol. The topological polar surface area (TPSA) is 29.2 Å². The molecule has 0 N–H and O–H groups in total. The van der Waals surface area contributed by atoms with Gasteiger partial charge >= 0.3 is 0 Å². The first-order valence-electron chi connectivity index (χ1n) is 46.9. The summed E-state index contributed by atoms with van der Waals surface area (Å²) in [5, 5.41) is -0.00495. The Balaban J connectivity index is 1.12. The van der Waals surface area contributed by atoms with Crippen LogP contribution in [0.15, 0.2) is 291 Å². The van der Waals surface area contributed by atoms with Crippen molar-refractivity contribution >= 4 is 101 Å². The van der Waals surface area contributed by atoms with Gasteiger partial charge in [-0.05, 0) is 191 Å². The summed E-state index contributed by atoms with van der Waals surface area (Å²) in [6, 6.07) is 63.5. The number of aromatic nitrogens is 3. The molecule has 13 aromatic carbocycles. The van der Waals surface area contributed by atoms with Crippen LogP contribution in [0.3, 0.4) is 0 Å². The van der Waals surface area contributed by atoms with Crippen LogP contribution >= 0.6 is 0 Å². The molecular weight excluding hydrogens is 1370 g/mol. The summed E-state index contributed by atoms with van der Waals surface area (Å²) in [6.07, 6.45) is 0. The van der Waals surface area contributed by atoms with Crippen LogP contribution < -0.4 is 26.2 Å². The highest BCUT2D eigenvalue weighted by molar-refractivity contribution is 7.00. The number of hydrogen-bond donors (Lipinski definition) is 0. The van der Waals surface area contributed by atoms with E-state index in [0.29, 0.717) is 22.7 Å². The lowest BCUT2D eigenvalue weighted by Gasteiger charge is -2.46. The maximum absolute atomic E-state index is 10.1. The van der Waals surface area contributed by atoms with Crippen molar-refractivity contribution in [2.24, 2.45) is 0 Å². The summed E-state index contributed by atoms with van der Waals surface area (Å²) in [7, 11) is 0. The third kappa shape index (κ3) is 12.5. The van der Waals surface area contributed by atoms with Crippen LogP contribution in [0.25, 0.3) is 111 Å². The maximum Gasteiger partial charge on any atom is 0.252 e. The summed E-state index contributed by atoms with van der Waals surface area (Å²) < 4.78 is 147. The zero-order valence-corrected chi connectivity index (χ0v) is 67.9. The first kappa shape index (κ1) is 57.3. The van der Waals surface area contributed by atoms with Gasteiger partial charge in [-0.2, -0.15) is 0 Å². The molecule has 0 atom stereocenters. The molecule has 0 unspecified atom stereocenters. The average Bonchev–Trinajstić information content (AvgIpc) is 1.01. The molecule has 0 saturated carbocycles. The van der Waals surface area contributed by atoms with Crippen molar-refractivity contribution in [3.05, 3.63) is 324 Å². The SMILES string of the molecule is [2H]c1cc2c(c([2H])c1[2H])c1c([2H])c([2H])c([2H])c([2H])c1n2-c1ccc2c(c1)N(c1c(-c3ccccc3)cc(C(C)(C)C)cc1-c1cc(C(C)(C)C)nc(C(C)(C)C)c1)c1cc(-c3cc(C(C)(C)C)cc(C(C)(C)C)c3)cc3c1B2c1ccc(-n2c4c([2H])c([2H])c([2H])c([2H])c4c4c([2H])c([2H])c([2H])c([2H])c42)cc1N3c1c(-c2ccccc2)cc(C(C)(C)C)cc1-c1ccccc1. The molecule has 5 heterocycles. The van der Waals surface area contributed by atoms with Crippen molar-refractivity contribution in [2.45, 2.75) is 157 Å². The van der Waals surface area contributed by atoms with Gasteiger partial charge < -0.3 is 18.9 Å². The van der Waals surface area contributed by atoms with Gasteiger partial charge in [0, 0.05) is 100 Å². The largest absolute Gasteiger partial charge is 0.310 e. The molecule has 3 aromatic heterocycles. The number of benzene rings is 13. The van der Waals surface area contributed by atoms with E-state index < -0.39 is 101 Å². The number of hydrogen-bond acceptors (Lipinski definition) is 3. The second kappa shape index (κ2) is 26.5. The Morgan fingerprint density at radius 3 is 0.973 bits per heavy atom. The van der Waals surface area contributed by atoms with Crippen LogP contribution in [-0.2, 0) is 32.5 Å². The van der Waals surface area contributed by atoms with Gasteiger partial charge in [0.2, 0.25) is 0 Å². The lowest BCUT2D eigenvalue weighted by atomic mass is 9.33. The lowest BCUT2D eigenvalue weighted by molar-refractivity contribution is 0.531. The van der Waals surface area contributed by atoms with E-state index in [4.69, 9.17) is 4.98 Å². The Bertz CT molecular complexity index is 7240. The standard InChI is InChI=1S/C107H102BN5/c1-102(2,3)73-54-70(55-74(60-73)103(4,5)6)71-56-95-99-96(57-71)113(101-85(69-40-26-21-27-41-69)63-76(105(10,11)12)64-86(101)72-58-97(106(13,14)15)109-98(59-72)107(16,17)18)94-66-78(111-91-48-34-30-44-81(91)82-45-31-35-49-92(82)111)51-53-88(94)108(99)87-52-50-77(110-89-46-32-28-42-79(89)80-43-29-33-47-90(80)110)65-93(87)112(95)100-83(67-36-22-19-23-37-67)61-75(104(7,8)9)62-84(100)68-38-24-20-25-39-68/h19-66H,1-18H3/i28D,29D,30D,31D,32D,33D,34D,35D,42D,43D,44D,45D,46D,47D,48D. The molecule has 16 aromatic rings. The van der Waals surface area contributed by atoms with Gasteiger partial charge in [0.1, 0.15) is 0 Å². The Morgan fingerprint density at radius 2 is 0.602 bits per heavy atom. The molecule has 2 aliphatic rings. The quantitative estimate of drug-likeness (QED) is 0.135. The summed E-state index contributed by atoms with van der Waals surface area (Å²) in [6.45, 7) is 39.2. The number of nitrogens with zero attached hydrogens (tertiary/aromatic N) is 5. The van der Waals surface area contributed by atoms with E-state index in [0.717, 1.165) is 128 Å². The van der Waals surface area contributed by atoms with Gasteiger partial charge in [-0.15, -0.1) is 0 Å². The van der Waals surface area contributed by atoms with E-state index in [9.17, 15) is 20.6 Å². The van der Waals surface area contributed by atoms with Gasteiger partial charge in [-0.25, -0.2) is 0 Å². The minimum absolute atomic E-state index is 0.0333. The lowest BCUT2D eigenvalue weighted by Crippen LogP contribution is -2.61. The summed E-state index contributed by atoms with van der Waals surface area (Å²) in [5.74, 6) is 0. The molecule has 0 bridgehead atoms. The van der Waals surface area contributed by atoms with Crippen LogP contribution in [0.5, 0.6) is 0 Å². The normalized spacial score (nSPS) is 15.2. The van der Waals surface area contributed by atoms with Crippen LogP contribution in [0.1, 0.15) is 179 Å². The number of para-hydroxylation sites is 4. The van der Waals surface area contributed by atoms with E-state index >= 15 is 0 Å². The summed E-state index contributed by atoms with van der Waals surface area (Å²) >= 11 is 0. The Labute approximate surface area is 690 Å². The molecule has 0 aliphatic carbocycles. The van der Waals surface area contributed by atoms with Crippen molar-refractivity contribution in [3.63, 3.8) is 0 Å². The van der Waals surface area contributed by atoms with Crippen molar-refractivity contribution in [2.75, 3.05) is 9.80 Å². The van der Waals surface area contributed by atoms with Gasteiger partial charge in [0.05, 0.1) is 54.0 Å². The fourth-order valence-electron chi connectivity index (χ4n) is 16.8. The fraction of sp³-hybridized carbons (Fsp3) is 0.224. The van der Waals surface area contributed by atoms with Crippen LogP contribution in [0.2, 0.25) is 0 Å². The molecule has 2 aliphatic heterocycles. The zero-order chi connectivity index (χ0) is 91.8. The molecule has 5 nitrogen and oxygen atoms in total. The second-order valence-corrected chi connectivity index (χ2v) is 37.0. The first-order valence-corrected chi connectivity index (χ1v) is 39.4. The molecule has 0 saturated heterocycles. The van der Waals surface area contributed by atoms with Crippen molar-refractivity contribution in [1.29, 1.82) is 0 Å². The molecule has 18 rings (SSSR count). The van der Waals surface area contributed by atoms with E-state index in [1.54, 1.807) is 9.13 Å². The molecule has 0 fully saturated rings.